The highest BCUT2D eigenvalue weighted by Gasteiger charge is 2.05. The smallest absolute Gasteiger partial charge is 0.0843 e. The minimum Gasteiger partial charge on any atom is -0.380 e. The summed E-state index contributed by atoms with van der Waals surface area (Å²) in [6, 6.07) is 8.40. The van der Waals surface area contributed by atoms with E-state index in [-0.39, 0.29) is 0 Å². The molecule has 5 heteroatoms. The molecule has 90 valence electrons. The van der Waals surface area contributed by atoms with Crippen molar-refractivity contribution in [3.05, 3.63) is 47.4 Å². The number of halogens is 3. The van der Waals surface area contributed by atoms with Gasteiger partial charge in [0.15, 0.2) is 0 Å². The number of aryl methyl sites for hydroxylation is 1. The number of anilines is 1. The van der Waals surface area contributed by atoms with Crippen LogP contribution in [-0.4, -0.2) is 0 Å². The molecule has 0 bridgehead atoms. The van der Waals surface area contributed by atoms with Gasteiger partial charge in [-0.2, -0.15) is 0 Å². The van der Waals surface area contributed by atoms with Gasteiger partial charge < -0.3 is 5.32 Å². The maximum Gasteiger partial charge on any atom is 0.0843 e. The minimum atomic E-state index is 0.839. The van der Waals surface area contributed by atoms with Crippen LogP contribution in [-0.2, 0) is 6.54 Å². The van der Waals surface area contributed by atoms with Gasteiger partial charge in [0.05, 0.1) is 3.79 Å². The highest BCUT2D eigenvalue weighted by atomic mass is 79.9. The summed E-state index contributed by atoms with van der Waals surface area (Å²) in [7, 11) is 0. The van der Waals surface area contributed by atoms with Crippen molar-refractivity contribution >= 4 is 64.8 Å². The van der Waals surface area contributed by atoms with Crippen LogP contribution in [0.15, 0.2) is 37.0 Å². The summed E-state index contributed by atoms with van der Waals surface area (Å²) in [4.78, 5) is 1.29. The summed E-state index contributed by atoms with van der Waals surface area (Å²) in [5.41, 5.74) is 2.42. The first-order chi connectivity index (χ1) is 8.06. The summed E-state index contributed by atoms with van der Waals surface area (Å²) in [6.07, 6.45) is 0. The molecule has 1 N–H and O–H groups in total. The fourth-order valence-corrected chi connectivity index (χ4v) is 3.92. The van der Waals surface area contributed by atoms with Gasteiger partial charge in [-0.05, 0) is 62.5 Å². The fourth-order valence-electron chi connectivity index (χ4n) is 1.45. The van der Waals surface area contributed by atoms with E-state index >= 15 is 0 Å². The van der Waals surface area contributed by atoms with Crippen molar-refractivity contribution < 1.29 is 0 Å². The van der Waals surface area contributed by atoms with Gasteiger partial charge in [-0.25, -0.2) is 0 Å². The molecule has 1 nitrogen and oxygen atoms in total. The SMILES string of the molecule is Cc1ccc(Br)cc1NCc1cc(Br)c(Br)s1. The topological polar surface area (TPSA) is 12.0 Å². The molecule has 0 saturated carbocycles. The van der Waals surface area contributed by atoms with Crippen molar-refractivity contribution in [3.8, 4) is 0 Å². The van der Waals surface area contributed by atoms with Gasteiger partial charge in [-0.3, -0.25) is 0 Å². The van der Waals surface area contributed by atoms with E-state index in [0.717, 1.165) is 19.3 Å². The van der Waals surface area contributed by atoms with Gasteiger partial charge in [0.25, 0.3) is 0 Å². The Kier molecular flexibility index (Phi) is 4.69. The summed E-state index contributed by atoms with van der Waals surface area (Å²) in [5, 5.41) is 3.45. The highest BCUT2D eigenvalue weighted by molar-refractivity contribution is 9.13. The predicted octanol–water partition coefficient (Wildman–Crippen LogP) is 5.96. The van der Waals surface area contributed by atoms with Crippen LogP contribution < -0.4 is 5.32 Å². The number of thiophene rings is 1. The Morgan fingerprint density at radius 3 is 2.59 bits per heavy atom. The lowest BCUT2D eigenvalue weighted by Crippen LogP contribution is -1.99. The summed E-state index contributed by atoms with van der Waals surface area (Å²) < 4.78 is 3.35. The lowest BCUT2D eigenvalue weighted by Gasteiger charge is -2.08. The van der Waals surface area contributed by atoms with E-state index in [0.29, 0.717) is 0 Å². The van der Waals surface area contributed by atoms with Crippen molar-refractivity contribution in [3.63, 3.8) is 0 Å². The third-order valence-corrected chi connectivity index (χ3v) is 6.10. The molecular formula is C12H10Br3NS. The van der Waals surface area contributed by atoms with E-state index in [9.17, 15) is 0 Å². The van der Waals surface area contributed by atoms with Crippen LogP contribution in [0.2, 0.25) is 0 Å². The standard InChI is InChI=1S/C12H10Br3NS/c1-7-2-3-8(13)4-11(7)16-6-9-5-10(14)12(15)17-9/h2-5,16H,6H2,1H3. The summed E-state index contributed by atoms with van der Waals surface area (Å²) in [5.74, 6) is 0. The van der Waals surface area contributed by atoms with Crippen LogP contribution in [0.4, 0.5) is 5.69 Å². The molecule has 0 unspecified atom stereocenters. The van der Waals surface area contributed by atoms with E-state index in [1.807, 2.05) is 0 Å². The molecule has 1 heterocycles. The molecule has 0 radical (unpaired) electrons. The highest BCUT2D eigenvalue weighted by Crippen LogP contribution is 2.33. The van der Waals surface area contributed by atoms with E-state index in [1.165, 1.54) is 16.1 Å². The van der Waals surface area contributed by atoms with Crippen molar-refractivity contribution in [1.82, 2.24) is 0 Å². The second-order valence-electron chi connectivity index (χ2n) is 3.65. The molecule has 0 fully saturated rings. The Labute approximate surface area is 130 Å². The maximum absolute atomic E-state index is 3.50. The first kappa shape index (κ1) is 13.6. The molecule has 0 aliphatic carbocycles. The van der Waals surface area contributed by atoms with Crippen LogP contribution >= 0.6 is 59.1 Å². The molecule has 0 spiro atoms. The average Bonchev–Trinajstić information content (AvgIpc) is 2.60. The molecule has 1 aromatic heterocycles. The minimum absolute atomic E-state index is 0.839. The fraction of sp³-hybridized carbons (Fsp3) is 0.167. The zero-order chi connectivity index (χ0) is 12.4. The molecule has 17 heavy (non-hydrogen) atoms. The van der Waals surface area contributed by atoms with Gasteiger partial charge in [-0.15, -0.1) is 11.3 Å². The molecule has 0 aliphatic rings. The Morgan fingerprint density at radius 2 is 1.94 bits per heavy atom. The third-order valence-electron chi connectivity index (χ3n) is 2.35. The molecule has 1 aromatic carbocycles. The molecule has 2 rings (SSSR count). The van der Waals surface area contributed by atoms with E-state index in [2.05, 4.69) is 84.3 Å². The van der Waals surface area contributed by atoms with Crippen LogP contribution in [0.3, 0.4) is 0 Å². The molecule has 0 aliphatic heterocycles. The van der Waals surface area contributed by atoms with Crippen LogP contribution in [0, 0.1) is 6.92 Å². The number of nitrogens with one attached hydrogen (secondary N) is 1. The Morgan fingerprint density at radius 1 is 1.18 bits per heavy atom. The van der Waals surface area contributed by atoms with Crippen molar-refractivity contribution in [2.45, 2.75) is 13.5 Å². The van der Waals surface area contributed by atoms with Gasteiger partial charge >= 0.3 is 0 Å². The maximum atomic E-state index is 3.50. The van der Waals surface area contributed by atoms with Gasteiger partial charge in [0.2, 0.25) is 0 Å². The van der Waals surface area contributed by atoms with Crippen LogP contribution in [0.5, 0.6) is 0 Å². The van der Waals surface area contributed by atoms with E-state index in [1.54, 1.807) is 11.3 Å². The number of rotatable bonds is 3. The molecule has 0 amide bonds. The normalized spacial score (nSPS) is 10.6. The summed E-state index contributed by atoms with van der Waals surface area (Å²) >= 11 is 12.2. The second-order valence-corrected chi connectivity index (χ2v) is 7.87. The van der Waals surface area contributed by atoms with Gasteiger partial charge in [0.1, 0.15) is 0 Å². The Hall–Kier alpha value is 0.160. The first-order valence-corrected chi connectivity index (χ1v) is 8.19. The van der Waals surface area contributed by atoms with E-state index < -0.39 is 0 Å². The molecule has 0 atom stereocenters. The lowest BCUT2D eigenvalue weighted by molar-refractivity contribution is 1.18. The number of benzene rings is 1. The number of hydrogen-bond donors (Lipinski definition) is 1. The quantitative estimate of drug-likeness (QED) is 0.622. The largest absolute Gasteiger partial charge is 0.380 e. The van der Waals surface area contributed by atoms with Crippen molar-refractivity contribution in [2.75, 3.05) is 5.32 Å². The molecular weight excluding hydrogens is 430 g/mol. The van der Waals surface area contributed by atoms with Crippen LogP contribution in [0.1, 0.15) is 10.4 Å². The predicted molar refractivity (Wildman–Crippen MR) is 85.9 cm³/mol. The monoisotopic (exact) mass is 437 g/mol. The lowest BCUT2D eigenvalue weighted by atomic mass is 10.2. The van der Waals surface area contributed by atoms with Gasteiger partial charge in [-0.1, -0.05) is 22.0 Å². The second kappa shape index (κ2) is 5.87. The third kappa shape index (κ3) is 3.56. The average molecular weight is 440 g/mol. The Balaban J connectivity index is 2.09. The van der Waals surface area contributed by atoms with Crippen molar-refractivity contribution in [2.24, 2.45) is 0 Å². The zero-order valence-electron chi connectivity index (χ0n) is 9.06. The summed E-state index contributed by atoms with van der Waals surface area (Å²) in [6.45, 7) is 2.95. The van der Waals surface area contributed by atoms with Crippen molar-refractivity contribution in [1.29, 1.82) is 0 Å². The first-order valence-electron chi connectivity index (χ1n) is 5.00. The van der Waals surface area contributed by atoms with E-state index in [4.69, 9.17) is 0 Å². The zero-order valence-corrected chi connectivity index (χ0v) is 14.6. The van der Waals surface area contributed by atoms with Crippen LogP contribution in [0.25, 0.3) is 0 Å². The van der Waals surface area contributed by atoms with Gasteiger partial charge in [0, 0.05) is 26.1 Å². The molecule has 2 aromatic rings. The number of hydrogen-bond acceptors (Lipinski definition) is 2. The Bertz CT molecular complexity index is 517. The molecule has 0 saturated heterocycles.